The van der Waals surface area contributed by atoms with Crippen LogP contribution in [0.2, 0.25) is 0 Å². The lowest BCUT2D eigenvalue weighted by Gasteiger charge is -2.32. The highest BCUT2D eigenvalue weighted by Crippen LogP contribution is 2.42. The second-order valence-corrected chi connectivity index (χ2v) is 10.0. The van der Waals surface area contributed by atoms with E-state index in [0.717, 1.165) is 24.7 Å². The highest BCUT2D eigenvalue weighted by molar-refractivity contribution is 5.85. The summed E-state index contributed by atoms with van der Waals surface area (Å²) < 4.78 is 0. The molecule has 2 aliphatic heterocycles. The third-order valence-electron chi connectivity index (χ3n) is 8.23. The van der Waals surface area contributed by atoms with Gasteiger partial charge in [0.25, 0.3) is 0 Å². The zero-order valence-electron chi connectivity index (χ0n) is 18.7. The fourth-order valence-electron chi connectivity index (χ4n) is 6.71. The monoisotopic (exact) mass is 474 g/mol. The molecule has 2 aromatic carbocycles. The molecule has 4 N–H and O–H groups in total. The summed E-state index contributed by atoms with van der Waals surface area (Å²) in [5.74, 6) is 1.51. The van der Waals surface area contributed by atoms with Crippen molar-refractivity contribution in [1.29, 1.82) is 0 Å². The Morgan fingerprint density at radius 2 is 1.03 bits per heavy atom. The van der Waals surface area contributed by atoms with Gasteiger partial charge in [0, 0.05) is 61.5 Å². The van der Waals surface area contributed by atoms with Gasteiger partial charge in [-0.2, -0.15) is 0 Å². The van der Waals surface area contributed by atoms with E-state index < -0.39 is 0 Å². The predicted molar refractivity (Wildman–Crippen MR) is 139 cm³/mol. The predicted octanol–water partition coefficient (Wildman–Crippen LogP) is 4.78. The van der Waals surface area contributed by atoms with Gasteiger partial charge in [0.15, 0.2) is 0 Å². The minimum atomic E-state index is 0. The molecule has 0 amide bonds. The van der Waals surface area contributed by atoms with E-state index in [-0.39, 0.29) is 36.9 Å². The summed E-state index contributed by atoms with van der Waals surface area (Å²) in [6.07, 6.45) is 7.08. The molecule has 4 aliphatic rings. The topological polar surface area (TPSA) is 58.5 Å². The van der Waals surface area contributed by atoms with Crippen LogP contribution in [-0.4, -0.2) is 26.2 Å². The average molecular weight is 476 g/mol. The number of rotatable bonds is 2. The molecule has 174 valence electrons. The number of hydrogen-bond acceptors (Lipinski definition) is 4. The number of halogens is 2. The Hall–Kier alpha value is -1.46. The van der Waals surface area contributed by atoms with Crippen LogP contribution in [0.1, 0.15) is 60.0 Å². The van der Waals surface area contributed by atoms with E-state index in [4.69, 9.17) is 11.5 Å². The van der Waals surface area contributed by atoms with Crippen molar-refractivity contribution in [1.82, 2.24) is 0 Å². The zero-order chi connectivity index (χ0) is 20.2. The Bertz CT molecular complexity index is 875. The molecule has 0 aromatic heterocycles. The zero-order valence-corrected chi connectivity index (χ0v) is 20.3. The van der Waals surface area contributed by atoms with Gasteiger partial charge in [-0.3, -0.25) is 0 Å². The molecule has 0 spiro atoms. The third-order valence-corrected chi connectivity index (χ3v) is 8.23. The molecule has 0 unspecified atom stereocenters. The van der Waals surface area contributed by atoms with E-state index in [1.165, 1.54) is 85.5 Å². The van der Waals surface area contributed by atoms with E-state index in [1.54, 1.807) is 0 Å². The molecular weight excluding hydrogens is 439 g/mol. The van der Waals surface area contributed by atoms with Crippen molar-refractivity contribution in [3.63, 3.8) is 0 Å². The van der Waals surface area contributed by atoms with Crippen molar-refractivity contribution >= 4 is 36.2 Å². The average Bonchev–Trinajstić information content (AvgIpc) is 3.33. The fourth-order valence-corrected chi connectivity index (χ4v) is 6.71. The van der Waals surface area contributed by atoms with Gasteiger partial charge in [0.2, 0.25) is 0 Å². The summed E-state index contributed by atoms with van der Waals surface area (Å²) in [6, 6.07) is 14.1. The van der Waals surface area contributed by atoms with Crippen molar-refractivity contribution in [2.75, 3.05) is 36.0 Å². The Kier molecular flexibility index (Phi) is 6.97. The van der Waals surface area contributed by atoms with Crippen molar-refractivity contribution in [3.8, 4) is 0 Å². The largest absolute Gasteiger partial charge is 0.371 e. The van der Waals surface area contributed by atoms with Gasteiger partial charge >= 0.3 is 0 Å². The summed E-state index contributed by atoms with van der Waals surface area (Å²) in [5.41, 5.74) is 21.6. The maximum Gasteiger partial charge on any atom is 0.0402 e. The molecule has 2 aliphatic carbocycles. The molecule has 6 rings (SSSR count). The van der Waals surface area contributed by atoms with Gasteiger partial charge in [-0.25, -0.2) is 0 Å². The molecule has 6 heteroatoms. The summed E-state index contributed by atoms with van der Waals surface area (Å²) >= 11 is 0. The minimum absolute atomic E-state index is 0. The molecule has 0 saturated carbocycles. The van der Waals surface area contributed by atoms with Gasteiger partial charge < -0.3 is 21.3 Å². The Labute approximate surface area is 204 Å². The second-order valence-electron chi connectivity index (χ2n) is 10.0. The van der Waals surface area contributed by atoms with Crippen molar-refractivity contribution < 1.29 is 0 Å². The number of anilines is 2. The molecular formula is C26H36Cl2N4. The molecule has 2 heterocycles. The number of benzene rings is 2. The lowest BCUT2D eigenvalue weighted by molar-refractivity contribution is 0.533. The van der Waals surface area contributed by atoms with Crippen LogP contribution in [0, 0.1) is 11.8 Å². The van der Waals surface area contributed by atoms with Crippen LogP contribution in [-0.2, 0) is 12.8 Å². The van der Waals surface area contributed by atoms with E-state index >= 15 is 0 Å². The smallest absolute Gasteiger partial charge is 0.0402 e. The van der Waals surface area contributed by atoms with E-state index in [2.05, 4.69) is 46.2 Å². The van der Waals surface area contributed by atoms with Crippen molar-refractivity contribution in [2.45, 2.75) is 50.6 Å². The van der Waals surface area contributed by atoms with Crippen LogP contribution in [0.5, 0.6) is 0 Å². The van der Waals surface area contributed by atoms with Gasteiger partial charge in [-0.1, -0.05) is 24.3 Å². The highest BCUT2D eigenvalue weighted by Gasteiger charge is 2.41. The van der Waals surface area contributed by atoms with Gasteiger partial charge in [-0.05, 0) is 72.9 Å². The van der Waals surface area contributed by atoms with Crippen LogP contribution >= 0.6 is 24.8 Å². The Morgan fingerprint density at radius 3 is 1.44 bits per heavy atom. The summed E-state index contributed by atoms with van der Waals surface area (Å²) in [6.45, 7) is 4.73. The van der Waals surface area contributed by atoms with Crippen LogP contribution < -0.4 is 21.3 Å². The Balaban J connectivity index is 0.00000122. The SMILES string of the molecule is Cl.Cl.N[C@@H]1CCCc2c1cccc2N1CC2CN(c3cccc4c3CCC[C@H]4N)CC2C1. The number of nitrogens with zero attached hydrogens (tertiary/aromatic N) is 2. The van der Waals surface area contributed by atoms with E-state index in [0.29, 0.717) is 0 Å². The fraction of sp³-hybridized carbons (Fsp3) is 0.538. The van der Waals surface area contributed by atoms with E-state index in [9.17, 15) is 0 Å². The molecule has 4 nitrogen and oxygen atoms in total. The molecule has 2 atom stereocenters. The third kappa shape index (κ3) is 3.90. The molecule has 2 saturated heterocycles. The summed E-state index contributed by atoms with van der Waals surface area (Å²) in [7, 11) is 0. The van der Waals surface area contributed by atoms with Gasteiger partial charge in [0.1, 0.15) is 0 Å². The van der Waals surface area contributed by atoms with Gasteiger partial charge in [0.05, 0.1) is 0 Å². The highest BCUT2D eigenvalue weighted by atomic mass is 35.5. The molecule has 2 fully saturated rings. The molecule has 0 radical (unpaired) electrons. The lowest BCUT2D eigenvalue weighted by Crippen LogP contribution is -2.31. The molecule has 32 heavy (non-hydrogen) atoms. The lowest BCUT2D eigenvalue weighted by atomic mass is 9.86. The van der Waals surface area contributed by atoms with Crippen LogP contribution in [0.15, 0.2) is 36.4 Å². The van der Waals surface area contributed by atoms with Gasteiger partial charge in [-0.15, -0.1) is 24.8 Å². The first kappa shape index (κ1) is 23.7. The normalized spacial score (nSPS) is 28.3. The number of fused-ring (bicyclic) bond motifs is 3. The van der Waals surface area contributed by atoms with Crippen LogP contribution in [0.4, 0.5) is 11.4 Å². The van der Waals surface area contributed by atoms with Crippen molar-refractivity contribution in [3.05, 3.63) is 58.7 Å². The first-order valence-electron chi connectivity index (χ1n) is 11.9. The number of hydrogen-bond donors (Lipinski definition) is 2. The second kappa shape index (κ2) is 9.42. The number of nitrogens with two attached hydrogens (primary N) is 2. The summed E-state index contributed by atoms with van der Waals surface area (Å²) in [5, 5.41) is 0. The first-order valence-corrected chi connectivity index (χ1v) is 11.9. The van der Waals surface area contributed by atoms with Crippen molar-refractivity contribution in [2.24, 2.45) is 23.3 Å². The van der Waals surface area contributed by atoms with Crippen LogP contribution in [0.3, 0.4) is 0 Å². The molecule has 0 bridgehead atoms. The Morgan fingerprint density at radius 1 is 0.625 bits per heavy atom. The maximum atomic E-state index is 6.42. The molecule has 2 aromatic rings. The quantitative estimate of drug-likeness (QED) is 0.657. The first-order chi connectivity index (χ1) is 14.7. The van der Waals surface area contributed by atoms with E-state index in [1.807, 2.05) is 0 Å². The maximum absolute atomic E-state index is 6.42. The minimum Gasteiger partial charge on any atom is -0.371 e. The van der Waals surface area contributed by atoms with Crippen LogP contribution in [0.25, 0.3) is 0 Å². The standard InChI is InChI=1S/C26H34N4.2ClH/c27-23-9-1-7-21-19(23)5-3-11-25(21)29-13-17-15-30(16-18(17)14-29)26-12-4-6-20-22(26)8-2-10-24(20)28;;/h3-6,11-12,17-18,23-24H,1-2,7-10,13-16,27-28H2;2*1H/t17?,18?,23-,24-;;/m1../s1. The summed E-state index contributed by atoms with van der Waals surface area (Å²) in [4.78, 5) is 5.33.